The molecule has 0 unspecified atom stereocenters. The molecule has 0 saturated heterocycles. The molecule has 41 heavy (non-hydrogen) atoms. The molecule has 1 aliphatic heterocycles. The quantitative estimate of drug-likeness (QED) is 0.205. The van der Waals surface area contributed by atoms with Gasteiger partial charge >= 0.3 is 6.09 Å². The van der Waals surface area contributed by atoms with E-state index in [1.807, 2.05) is 43.7 Å². The van der Waals surface area contributed by atoms with Crippen LogP contribution in [-0.2, 0) is 16.2 Å². The van der Waals surface area contributed by atoms with Crippen LogP contribution in [0.25, 0.3) is 27.9 Å². The van der Waals surface area contributed by atoms with E-state index >= 15 is 0 Å². The normalized spacial score (nSPS) is 17.0. The Bertz CT molecular complexity index is 1450. The molecule has 1 aromatic carbocycles. The molecular formula is C31H43N5O4Si. The van der Waals surface area contributed by atoms with Crippen molar-refractivity contribution >= 4 is 30.6 Å². The summed E-state index contributed by atoms with van der Waals surface area (Å²) in [6.45, 7) is 17.0. The van der Waals surface area contributed by atoms with Crippen molar-refractivity contribution in [1.82, 2.24) is 24.6 Å². The fourth-order valence-electron chi connectivity index (χ4n) is 4.66. The molecule has 2 aromatic heterocycles. The first-order valence-electron chi connectivity index (χ1n) is 14.6. The molecule has 0 bridgehead atoms. The largest absolute Gasteiger partial charge is 0.488 e. The summed E-state index contributed by atoms with van der Waals surface area (Å²) in [6, 6.07) is 9.24. The minimum absolute atomic E-state index is 0.0769. The molecule has 10 heteroatoms. The van der Waals surface area contributed by atoms with Crippen molar-refractivity contribution in [1.29, 1.82) is 0 Å². The number of fused-ring (bicyclic) bond motifs is 1. The Labute approximate surface area is 243 Å². The number of hydrogen-bond donors (Lipinski definition) is 0. The van der Waals surface area contributed by atoms with Crippen LogP contribution in [0.15, 0.2) is 36.7 Å². The molecule has 5 rings (SSSR count). The van der Waals surface area contributed by atoms with Crippen molar-refractivity contribution in [2.24, 2.45) is 0 Å². The van der Waals surface area contributed by atoms with Gasteiger partial charge in [0, 0.05) is 33.2 Å². The van der Waals surface area contributed by atoms with Gasteiger partial charge in [0.25, 0.3) is 0 Å². The molecule has 9 nitrogen and oxygen atoms in total. The van der Waals surface area contributed by atoms with Crippen LogP contribution in [0.4, 0.5) is 4.79 Å². The molecule has 1 aliphatic carbocycles. The number of carbonyl (C=O) groups is 1. The van der Waals surface area contributed by atoms with E-state index in [1.165, 1.54) is 0 Å². The van der Waals surface area contributed by atoms with Crippen molar-refractivity contribution in [2.45, 2.75) is 90.6 Å². The maximum absolute atomic E-state index is 12.5. The molecule has 0 atom stereocenters. The lowest BCUT2D eigenvalue weighted by molar-refractivity contribution is 0.0270. The SMILES string of the molecule is CC(C)(C)OC(=O)N1CC=C(c2cc(-c3nn(COCC[Si](C)(C)C)c4ccc(OC5(C)CC5)cc34)ncn2)CC1. The fourth-order valence-corrected chi connectivity index (χ4v) is 5.41. The molecule has 3 heterocycles. The summed E-state index contributed by atoms with van der Waals surface area (Å²) >= 11 is 0. The van der Waals surface area contributed by atoms with Crippen LogP contribution in [0.5, 0.6) is 5.75 Å². The molecule has 1 saturated carbocycles. The summed E-state index contributed by atoms with van der Waals surface area (Å²) in [4.78, 5) is 23.4. The number of aromatic nitrogens is 4. The first kappa shape index (κ1) is 29.3. The molecule has 0 radical (unpaired) electrons. The molecule has 220 valence electrons. The summed E-state index contributed by atoms with van der Waals surface area (Å²) in [5, 5.41) is 5.94. The third kappa shape index (κ3) is 7.54. The second-order valence-electron chi connectivity index (χ2n) is 13.6. The minimum atomic E-state index is -1.19. The average molecular weight is 578 g/mol. The number of amides is 1. The number of carbonyl (C=O) groups excluding carboxylic acids is 1. The number of rotatable bonds is 9. The summed E-state index contributed by atoms with van der Waals surface area (Å²) in [5.41, 5.74) is 3.82. The number of nitrogens with zero attached hydrogens (tertiary/aromatic N) is 5. The zero-order valence-corrected chi connectivity index (χ0v) is 26.5. The van der Waals surface area contributed by atoms with Crippen molar-refractivity contribution in [3.63, 3.8) is 0 Å². The lowest BCUT2D eigenvalue weighted by Gasteiger charge is -2.29. The van der Waals surface area contributed by atoms with Gasteiger partial charge in [-0.25, -0.2) is 19.4 Å². The highest BCUT2D eigenvalue weighted by Crippen LogP contribution is 2.41. The van der Waals surface area contributed by atoms with Crippen molar-refractivity contribution < 1.29 is 19.0 Å². The van der Waals surface area contributed by atoms with E-state index in [2.05, 4.69) is 48.7 Å². The van der Waals surface area contributed by atoms with Crippen LogP contribution in [0.1, 0.15) is 52.7 Å². The molecule has 2 aliphatic rings. The van der Waals surface area contributed by atoms with E-state index in [0.29, 0.717) is 26.2 Å². The standard InChI is InChI=1S/C31H43N5O4Si/c1-30(2,3)40-29(37)35-14-10-22(11-15-35)25-19-26(33-20-32-25)28-24-18-23(39-31(4)12-13-31)8-9-27(24)36(34-28)21-38-16-17-41(5,6)7/h8-10,18-20H,11-17,21H2,1-7H3. The van der Waals surface area contributed by atoms with Crippen LogP contribution in [0.3, 0.4) is 0 Å². The molecule has 1 fully saturated rings. The molecule has 1 amide bonds. The average Bonchev–Trinajstić information content (AvgIpc) is 3.51. The Balaban J connectivity index is 1.41. The summed E-state index contributed by atoms with van der Waals surface area (Å²) in [7, 11) is -1.19. The molecule has 3 aromatic rings. The smallest absolute Gasteiger partial charge is 0.410 e. The van der Waals surface area contributed by atoms with Gasteiger partial charge in [0.2, 0.25) is 0 Å². The van der Waals surface area contributed by atoms with Gasteiger partial charge in [0.15, 0.2) is 0 Å². The van der Waals surface area contributed by atoms with E-state index in [9.17, 15) is 4.79 Å². The highest BCUT2D eigenvalue weighted by atomic mass is 28.3. The van der Waals surface area contributed by atoms with E-state index in [1.54, 1.807) is 11.2 Å². The Kier molecular flexibility index (Phi) is 8.00. The summed E-state index contributed by atoms with van der Waals surface area (Å²) < 4.78 is 19.8. The topological polar surface area (TPSA) is 91.6 Å². The molecular weight excluding hydrogens is 534 g/mol. The number of benzene rings is 1. The van der Waals surface area contributed by atoms with Crippen LogP contribution < -0.4 is 4.74 Å². The highest BCUT2D eigenvalue weighted by molar-refractivity contribution is 6.76. The Morgan fingerprint density at radius 3 is 2.51 bits per heavy atom. The maximum Gasteiger partial charge on any atom is 0.410 e. The van der Waals surface area contributed by atoms with E-state index in [-0.39, 0.29) is 11.7 Å². The third-order valence-electron chi connectivity index (χ3n) is 7.35. The third-order valence-corrected chi connectivity index (χ3v) is 9.05. The van der Waals surface area contributed by atoms with Gasteiger partial charge in [-0.15, -0.1) is 0 Å². The lowest BCUT2D eigenvalue weighted by atomic mass is 10.0. The lowest BCUT2D eigenvalue weighted by Crippen LogP contribution is -2.39. The Morgan fingerprint density at radius 1 is 1.10 bits per heavy atom. The second kappa shape index (κ2) is 11.2. The van der Waals surface area contributed by atoms with Gasteiger partial charge in [-0.2, -0.15) is 5.10 Å². The van der Waals surface area contributed by atoms with Gasteiger partial charge in [0.1, 0.15) is 35.7 Å². The highest BCUT2D eigenvalue weighted by Gasteiger charge is 2.40. The van der Waals surface area contributed by atoms with E-state index < -0.39 is 13.7 Å². The zero-order chi connectivity index (χ0) is 29.4. The predicted octanol–water partition coefficient (Wildman–Crippen LogP) is 6.76. The van der Waals surface area contributed by atoms with Crippen LogP contribution in [0.2, 0.25) is 25.7 Å². The van der Waals surface area contributed by atoms with Crippen LogP contribution in [-0.4, -0.2) is 69.7 Å². The van der Waals surface area contributed by atoms with Crippen LogP contribution >= 0.6 is 0 Å². The van der Waals surface area contributed by atoms with Gasteiger partial charge in [0.05, 0.1) is 16.9 Å². The Hall–Kier alpha value is -3.24. The van der Waals surface area contributed by atoms with Gasteiger partial charge in [-0.1, -0.05) is 25.7 Å². The van der Waals surface area contributed by atoms with Crippen LogP contribution in [0, 0.1) is 0 Å². The van der Waals surface area contributed by atoms with Crippen molar-refractivity contribution in [3.05, 3.63) is 42.4 Å². The fraction of sp³-hybridized carbons (Fsp3) is 0.548. The monoisotopic (exact) mass is 577 g/mol. The van der Waals surface area contributed by atoms with Crippen molar-refractivity contribution in [2.75, 3.05) is 19.7 Å². The first-order valence-corrected chi connectivity index (χ1v) is 18.3. The van der Waals surface area contributed by atoms with Crippen molar-refractivity contribution in [3.8, 4) is 17.1 Å². The predicted molar refractivity (Wildman–Crippen MR) is 164 cm³/mol. The number of ether oxygens (including phenoxy) is 3. The molecule has 0 N–H and O–H groups in total. The van der Waals surface area contributed by atoms with E-state index in [0.717, 1.165) is 64.8 Å². The Morgan fingerprint density at radius 2 is 1.85 bits per heavy atom. The number of hydrogen-bond acceptors (Lipinski definition) is 7. The first-order chi connectivity index (χ1) is 19.3. The van der Waals surface area contributed by atoms with Gasteiger partial charge in [-0.3, -0.25) is 0 Å². The van der Waals surface area contributed by atoms with Gasteiger partial charge < -0.3 is 19.1 Å². The second-order valence-corrected chi connectivity index (χ2v) is 19.2. The van der Waals surface area contributed by atoms with E-state index in [4.69, 9.17) is 19.3 Å². The summed E-state index contributed by atoms with van der Waals surface area (Å²) in [6.07, 6.45) is 6.16. The minimum Gasteiger partial charge on any atom is -0.488 e. The maximum atomic E-state index is 12.5. The molecule has 0 spiro atoms. The zero-order valence-electron chi connectivity index (χ0n) is 25.5. The summed E-state index contributed by atoms with van der Waals surface area (Å²) in [5.74, 6) is 0.837. The van der Waals surface area contributed by atoms with Gasteiger partial charge in [-0.05, 0) is 82.8 Å².